The molecular weight excluding hydrogens is 544 g/mol. The van der Waals surface area contributed by atoms with Gasteiger partial charge in [0, 0.05) is 30.1 Å². The number of aromatic hydroxyl groups is 1. The fraction of sp³-hybridized carbons (Fsp3) is 0.321. The lowest BCUT2D eigenvalue weighted by atomic mass is 10.0. The van der Waals surface area contributed by atoms with Crippen molar-refractivity contribution in [3.8, 4) is 5.75 Å². The molecule has 0 saturated carbocycles. The van der Waals surface area contributed by atoms with Crippen LogP contribution in [0.2, 0.25) is 0 Å². The molecule has 224 valence electrons. The lowest BCUT2D eigenvalue weighted by Gasteiger charge is -2.24. The Labute approximate surface area is 241 Å². The molecule has 1 heterocycles. The van der Waals surface area contributed by atoms with Crippen LogP contribution in [-0.2, 0) is 32.0 Å². The number of nitrogens with zero attached hydrogens (tertiary/aromatic N) is 1. The lowest BCUT2D eigenvalue weighted by molar-refractivity contribution is -0.138. The van der Waals surface area contributed by atoms with E-state index in [1.165, 1.54) is 12.1 Å². The molecule has 0 aliphatic carbocycles. The average molecular weight is 581 g/mol. The van der Waals surface area contributed by atoms with Crippen molar-refractivity contribution in [3.63, 3.8) is 0 Å². The molecule has 0 aliphatic rings. The number of phenols is 1. The highest BCUT2D eigenvalue weighted by Gasteiger charge is 2.28. The number of phenolic OH excluding ortho intramolecular Hbond substituents is 1. The average Bonchev–Trinajstić information content (AvgIpc) is 3.36. The van der Waals surface area contributed by atoms with Gasteiger partial charge in [-0.15, -0.1) is 0 Å². The summed E-state index contributed by atoms with van der Waals surface area (Å²) in [6, 6.07) is 10.3. The molecule has 2 aromatic carbocycles. The summed E-state index contributed by atoms with van der Waals surface area (Å²) in [7, 11) is 0. The van der Waals surface area contributed by atoms with E-state index in [-0.39, 0.29) is 37.5 Å². The van der Waals surface area contributed by atoms with E-state index in [4.69, 9.17) is 22.3 Å². The van der Waals surface area contributed by atoms with Crippen molar-refractivity contribution < 1.29 is 29.4 Å². The third kappa shape index (κ3) is 9.52. The third-order valence-electron chi connectivity index (χ3n) is 6.45. The van der Waals surface area contributed by atoms with Crippen molar-refractivity contribution in [2.45, 2.75) is 43.8 Å². The first kappa shape index (κ1) is 31.4. The van der Waals surface area contributed by atoms with Crippen molar-refractivity contribution in [2.75, 3.05) is 13.1 Å². The number of hydrogen-bond donors (Lipinski definition) is 9. The number of carbonyl (C=O) groups is 4. The van der Waals surface area contributed by atoms with Crippen LogP contribution in [0.3, 0.4) is 0 Å². The molecule has 14 heteroatoms. The highest BCUT2D eigenvalue weighted by Crippen LogP contribution is 2.19. The molecule has 0 unspecified atom stereocenters. The number of aliphatic carboxylic acids is 1. The van der Waals surface area contributed by atoms with Crippen molar-refractivity contribution in [1.29, 1.82) is 0 Å². The zero-order chi connectivity index (χ0) is 30.6. The third-order valence-corrected chi connectivity index (χ3v) is 6.45. The Morgan fingerprint density at radius 3 is 2.29 bits per heavy atom. The molecule has 3 aromatic rings. The van der Waals surface area contributed by atoms with Crippen LogP contribution < -0.4 is 33.2 Å². The van der Waals surface area contributed by atoms with Crippen LogP contribution in [0.4, 0.5) is 0 Å². The fourth-order valence-corrected chi connectivity index (χ4v) is 4.32. The molecule has 0 aliphatic heterocycles. The minimum absolute atomic E-state index is 0.00772. The second-order valence-electron chi connectivity index (χ2n) is 9.72. The molecule has 3 amide bonds. The Hall–Kier alpha value is -5.11. The number of carboxylic acids is 1. The monoisotopic (exact) mass is 580 g/mol. The van der Waals surface area contributed by atoms with Gasteiger partial charge >= 0.3 is 5.97 Å². The van der Waals surface area contributed by atoms with Crippen LogP contribution in [0, 0.1) is 0 Å². The number of aromatic amines is 1. The summed E-state index contributed by atoms with van der Waals surface area (Å²) in [5, 5.41) is 27.0. The number of amides is 3. The highest BCUT2D eigenvalue weighted by molar-refractivity contribution is 5.94. The van der Waals surface area contributed by atoms with E-state index in [2.05, 4.69) is 25.9 Å². The predicted molar refractivity (Wildman–Crippen MR) is 156 cm³/mol. The number of nitrogens with one attached hydrogen (secondary N) is 4. The predicted octanol–water partition coefficient (Wildman–Crippen LogP) is -0.790. The van der Waals surface area contributed by atoms with Gasteiger partial charge in [0.1, 0.15) is 24.4 Å². The Morgan fingerprint density at radius 1 is 0.905 bits per heavy atom. The smallest absolute Gasteiger partial charge is 0.322 e. The summed E-state index contributed by atoms with van der Waals surface area (Å²) in [6.45, 7) is -0.457. The summed E-state index contributed by atoms with van der Waals surface area (Å²) < 4.78 is 0. The van der Waals surface area contributed by atoms with E-state index >= 15 is 0 Å². The van der Waals surface area contributed by atoms with Crippen LogP contribution >= 0.6 is 0 Å². The number of benzene rings is 2. The number of carbonyl (C=O) groups excluding carboxylic acids is 3. The van der Waals surface area contributed by atoms with Crippen molar-refractivity contribution in [2.24, 2.45) is 22.2 Å². The van der Waals surface area contributed by atoms with Gasteiger partial charge in [0.15, 0.2) is 5.96 Å². The van der Waals surface area contributed by atoms with E-state index in [0.29, 0.717) is 12.0 Å². The summed E-state index contributed by atoms with van der Waals surface area (Å²) in [5.74, 6) is -3.35. The number of H-pyrrole nitrogens is 1. The lowest BCUT2D eigenvalue weighted by Crippen LogP contribution is -2.56. The van der Waals surface area contributed by atoms with Gasteiger partial charge in [-0.2, -0.15) is 0 Å². The van der Waals surface area contributed by atoms with Crippen molar-refractivity contribution in [3.05, 3.63) is 65.9 Å². The molecule has 0 spiro atoms. The van der Waals surface area contributed by atoms with Crippen LogP contribution in [0.1, 0.15) is 24.0 Å². The van der Waals surface area contributed by atoms with E-state index in [1.54, 1.807) is 18.3 Å². The molecule has 0 radical (unpaired) electrons. The van der Waals surface area contributed by atoms with Gasteiger partial charge in [0.05, 0.1) is 6.04 Å². The normalized spacial score (nSPS) is 13.0. The molecule has 0 fully saturated rings. The van der Waals surface area contributed by atoms with E-state index < -0.39 is 48.4 Å². The number of aliphatic imine (C=N–C) groups is 1. The largest absolute Gasteiger partial charge is 0.508 e. The number of aromatic nitrogens is 1. The first-order valence-electron chi connectivity index (χ1n) is 13.3. The minimum atomic E-state index is -1.26. The Bertz CT molecular complexity index is 1420. The van der Waals surface area contributed by atoms with Crippen LogP contribution in [-0.4, -0.2) is 76.1 Å². The number of carboxylic acid groups (broad SMARTS) is 1. The van der Waals surface area contributed by atoms with Crippen LogP contribution in [0.25, 0.3) is 10.9 Å². The van der Waals surface area contributed by atoms with Crippen molar-refractivity contribution >= 4 is 40.6 Å². The molecule has 3 atom stereocenters. The molecular formula is C28H36N8O6. The molecule has 14 nitrogen and oxygen atoms in total. The van der Waals surface area contributed by atoms with Gasteiger partial charge in [-0.3, -0.25) is 24.2 Å². The maximum Gasteiger partial charge on any atom is 0.322 e. The van der Waals surface area contributed by atoms with Gasteiger partial charge in [-0.05, 0) is 48.6 Å². The molecule has 0 saturated heterocycles. The standard InChI is InChI=1S/C28H36N8O6/c29-20(13-17-14-33-21-5-2-1-4-19(17)21)25(40)35-22(6-3-11-32-28(30)31)27(42)36-23(26(41)34-15-24(38)39)12-16-7-9-18(37)10-8-16/h1-2,4-5,7-10,14,20,22-23,33,37H,3,6,11-13,15,29H2,(H,34,41)(H,35,40)(H,36,42)(H,38,39)(H4,30,31,32)/t20-,22-,23-/m0/s1. The van der Waals surface area contributed by atoms with Crippen molar-refractivity contribution in [1.82, 2.24) is 20.9 Å². The Balaban J connectivity index is 1.75. The Morgan fingerprint density at radius 2 is 1.60 bits per heavy atom. The van der Waals surface area contributed by atoms with Gasteiger partial charge in [-0.1, -0.05) is 30.3 Å². The van der Waals surface area contributed by atoms with Gasteiger partial charge in [0.2, 0.25) is 17.7 Å². The summed E-state index contributed by atoms with van der Waals surface area (Å²) in [4.78, 5) is 57.4. The minimum Gasteiger partial charge on any atom is -0.508 e. The number of hydrogen-bond acceptors (Lipinski definition) is 7. The van der Waals surface area contributed by atoms with Crippen LogP contribution in [0.15, 0.2) is 59.7 Å². The number of rotatable bonds is 15. The second kappa shape index (κ2) is 15.0. The number of nitrogens with two attached hydrogens (primary N) is 3. The second-order valence-corrected chi connectivity index (χ2v) is 9.72. The molecule has 1 aromatic heterocycles. The van der Waals surface area contributed by atoms with Gasteiger partial charge in [0.25, 0.3) is 0 Å². The van der Waals surface area contributed by atoms with Crippen LogP contribution in [0.5, 0.6) is 5.75 Å². The molecule has 42 heavy (non-hydrogen) atoms. The first-order valence-corrected chi connectivity index (χ1v) is 13.3. The summed E-state index contributed by atoms with van der Waals surface area (Å²) >= 11 is 0. The topological polar surface area (TPSA) is 251 Å². The molecule has 3 rings (SSSR count). The van der Waals surface area contributed by atoms with Gasteiger partial charge in [-0.25, -0.2) is 0 Å². The van der Waals surface area contributed by atoms with E-state index in [9.17, 15) is 24.3 Å². The zero-order valence-corrected chi connectivity index (χ0v) is 22.9. The SMILES string of the molecule is NC(N)=NCCC[C@H](NC(=O)[C@@H](N)Cc1c[nH]c2ccccc12)C(=O)N[C@@H](Cc1ccc(O)cc1)C(=O)NCC(=O)O. The Kier molecular flexibility index (Phi) is 11.3. The number of para-hydroxylation sites is 1. The van der Waals surface area contributed by atoms with E-state index in [0.717, 1.165) is 16.5 Å². The van der Waals surface area contributed by atoms with Gasteiger partial charge < -0.3 is 48.3 Å². The fourth-order valence-electron chi connectivity index (χ4n) is 4.32. The van der Waals surface area contributed by atoms with E-state index in [1.807, 2.05) is 24.3 Å². The molecule has 12 N–H and O–H groups in total. The quantitative estimate of drug-likeness (QED) is 0.0619. The first-order chi connectivity index (χ1) is 20.0. The maximum atomic E-state index is 13.4. The summed E-state index contributed by atoms with van der Waals surface area (Å²) in [6.07, 6.45) is 2.42. The number of guanidine groups is 1. The highest BCUT2D eigenvalue weighted by atomic mass is 16.4. The zero-order valence-electron chi connectivity index (χ0n) is 22.9. The summed E-state index contributed by atoms with van der Waals surface area (Å²) in [5.41, 5.74) is 19.3. The maximum absolute atomic E-state index is 13.4. The number of fused-ring (bicyclic) bond motifs is 1. The molecule has 0 bridgehead atoms.